The largest absolute Gasteiger partial charge is 0.338 e. The predicted octanol–water partition coefficient (Wildman–Crippen LogP) is 2.77. The molecule has 0 spiro atoms. The second-order valence-corrected chi connectivity index (χ2v) is 4.70. The molecular formula is C14H17N3O. The zero-order valence-electron chi connectivity index (χ0n) is 10.5. The molecule has 4 heteroatoms. The summed E-state index contributed by atoms with van der Waals surface area (Å²) in [5.41, 5.74) is 2.88. The van der Waals surface area contributed by atoms with Gasteiger partial charge in [-0.15, -0.1) is 0 Å². The van der Waals surface area contributed by atoms with Gasteiger partial charge in [-0.25, -0.2) is 0 Å². The van der Waals surface area contributed by atoms with Crippen molar-refractivity contribution >= 4 is 6.01 Å². The Morgan fingerprint density at radius 3 is 3.00 bits per heavy atom. The highest BCUT2D eigenvalue weighted by molar-refractivity contribution is 5.32. The molecule has 1 heterocycles. The Morgan fingerprint density at radius 2 is 2.17 bits per heavy atom. The molecule has 0 saturated heterocycles. The first-order chi connectivity index (χ1) is 8.86. The van der Waals surface area contributed by atoms with E-state index in [1.54, 1.807) is 0 Å². The zero-order chi connectivity index (χ0) is 12.4. The molecule has 1 aromatic heterocycles. The monoisotopic (exact) mass is 243 g/mol. The number of nitrogens with zero attached hydrogens (tertiary/aromatic N) is 2. The summed E-state index contributed by atoms with van der Waals surface area (Å²) in [5.74, 6) is 1.22. The second-order valence-electron chi connectivity index (χ2n) is 4.70. The minimum absolute atomic E-state index is 0.385. The van der Waals surface area contributed by atoms with Gasteiger partial charge in [0.2, 0.25) is 0 Å². The fourth-order valence-electron chi connectivity index (χ4n) is 2.54. The van der Waals surface area contributed by atoms with E-state index in [2.05, 4.69) is 39.7 Å². The SMILES string of the molecule is CCNc1nc(C2CCc3ccccc3C2)no1. The molecule has 1 aromatic carbocycles. The van der Waals surface area contributed by atoms with E-state index in [1.807, 2.05) is 6.92 Å². The number of fused-ring (bicyclic) bond motifs is 1. The van der Waals surface area contributed by atoms with E-state index >= 15 is 0 Å². The number of aryl methyl sites for hydroxylation is 1. The van der Waals surface area contributed by atoms with Gasteiger partial charge in [-0.3, -0.25) is 0 Å². The number of rotatable bonds is 3. The lowest BCUT2D eigenvalue weighted by Gasteiger charge is -2.21. The van der Waals surface area contributed by atoms with Crippen molar-refractivity contribution in [1.82, 2.24) is 10.1 Å². The van der Waals surface area contributed by atoms with Crippen LogP contribution in [-0.2, 0) is 12.8 Å². The van der Waals surface area contributed by atoms with Crippen LogP contribution in [0, 0.1) is 0 Å². The summed E-state index contributed by atoms with van der Waals surface area (Å²) in [4.78, 5) is 4.41. The van der Waals surface area contributed by atoms with Crippen LogP contribution in [0.3, 0.4) is 0 Å². The van der Waals surface area contributed by atoms with Gasteiger partial charge >= 0.3 is 6.01 Å². The average molecular weight is 243 g/mol. The molecule has 0 amide bonds. The van der Waals surface area contributed by atoms with Crippen LogP contribution in [0.15, 0.2) is 28.8 Å². The molecule has 1 aliphatic carbocycles. The average Bonchev–Trinajstić information content (AvgIpc) is 2.87. The van der Waals surface area contributed by atoms with Crippen molar-refractivity contribution in [1.29, 1.82) is 0 Å². The van der Waals surface area contributed by atoms with Gasteiger partial charge in [0.05, 0.1) is 0 Å². The zero-order valence-corrected chi connectivity index (χ0v) is 10.5. The maximum absolute atomic E-state index is 5.17. The summed E-state index contributed by atoms with van der Waals surface area (Å²) in [5, 5.41) is 7.13. The lowest BCUT2D eigenvalue weighted by Crippen LogP contribution is -2.13. The van der Waals surface area contributed by atoms with Crippen LogP contribution < -0.4 is 5.32 Å². The molecule has 1 unspecified atom stereocenters. The van der Waals surface area contributed by atoms with Gasteiger partial charge in [-0.1, -0.05) is 29.4 Å². The number of anilines is 1. The summed E-state index contributed by atoms with van der Waals surface area (Å²) >= 11 is 0. The molecule has 94 valence electrons. The van der Waals surface area contributed by atoms with E-state index < -0.39 is 0 Å². The van der Waals surface area contributed by atoms with Gasteiger partial charge in [0.15, 0.2) is 5.82 Å². The summed E-state index contributed by atoms with van der Waals surface area (Å²) in [7, 11) is 0. The summed E-state index contributed by atoms with van der Waals surface area (Å²) < 4.78 is 5.17. The fourth-order valence-corrected chi connectivity index (χ4v) is 2.54. The molecule has 1 atom stereocenters. The van der Waals surface area contributed by atoms with E-state index in [1.165, 1.54) is 11.1 Å². The molecule has 0 radical (unpaired) electrons. The highest BCUT2D eigenvalue weighted by Gasteiger charge is 2.23. The first kappa shape index (κ1) is 11.3. The van der Waals surface area contributed by atoms with E-state index in [4.69, 9.17) is 4.52 Å². The number of nitrogens with one attached hydrogen (secondary N) is 1. The van der Waals surface area contributed by atoms with Gasteiger partial charge in [0.1, 0.15) is 0 Å². The molecule has 0 aliphatic heterocycles. The Labute approximate surface area is 106 Å². The molecule has 18 heavy (non-hydrogen) atoms. The second kappa shape index (κ2) is 4.80. The number of benzene rings is 1. The third kappa shape index (κ3) is 2.10. The van der Waals surface area contributed by atoms with Gasteiger partial charge in [0.25, 0.3) is 0 Å². The number of hydrogen-bond acceptors (Lipinski definition) is 4. The third-order valence-corrected chi connectivity index (χ3v) is 3.48. The van der Waals surface area contributed by atoms with Gasteiger partial charge in [-0.05, 0) is 37.3 Å². The van der Waals surface area contributed by atoms with E-state index in [0.29, 0.717) is 11.9 Å². The molecule has 3 rings (SSSR count). The highest BCUT2D eigenvalue weighted by Crippen LogP contribution is 2.31. The Kier molecular flexibility index (Phi) is 3.00. The molecule has 1 N–H and O–H groups in total. The Morgan fingerprint density at radius 1 is 1.33 bits per heavy atom. The summed E-state index contributed by atoms with van der Waals surface area (Å²) in [6.07, 6.45) is 3.22. The van der Waals surface area contributed by atoms with E-state index in [0.717, 1.165) is 31.6 Å². The van der Waals surface area contributed by atoms with Gasteiger partial charge < -0.3 is 9.84 Å². The normalized spacial score (nSPS) is 18.4. The third-order valence-electron chi connectivity index (χ3n) is 3.48. The molecule has 0 saturated carbocycles. The highest BCUT2D eigenvalue weighted by atomic mass is 16.5. The van der Waals surface area contributed by atoms with Crippen molar-refractivity contribution in [3.63, 3.8) is 0 Å². The lowest BCUT2D eigenvalue weighted by molar-refractivity contribution is 0.410. The maximum Gasteiger partial charge on any atom is 0.321 e. The molecule has 2 aromatic rings. The molecular weight excluding hydrogens is 226 g/mol. The first-order valence-electron chi connectivity index (χ1n) is 6.51. The summed E-state index contributed by atoms with van der Waals surface area (Å²) in [6, 6.07) is 9.16. The topological polar surface area (TPSA) is 51.0 Å². The predicted molar refractivity (Wildman–Crippen MR) is 69.7 cm³/mol. The molecule has 4 nitrogen and oxygen atoms in total. The quantitative estimate of drug-likeness (QED) is 0.900. The van der Waals surface area contributed by atoms with Gasteiger partial charge in [-0.2, -0.15) is 4.98 Å². The van der Waals surface area contributed by atoms with Crippen LogP contribution >= 0.6 is 0 Å². The van der Waals surface area contributed by atoms with E-state index in [9.17, 15) is 0 Å². The lowest BCUT2D eigenvalue weighted by atomic mass is 9.83. The summed E-state index contributed by atoms with van der Waals surface area (Å²) in [6.45, 7) is 2.82. The standard InChI is InChI=1S/C14H17N3O/c1-2-15-14-16-13(17-18-14)12-8-7-10-5-3-4-6-11(10)9-12/h3-6,12H,2,7-9H2,1H3,(H,15,16,17). The number of hydrogen-bond donors (Lipinski definition) is 1. The van der Waals surface area contributed by atoms with Crippen LogP contribution in [0.1, 0.15) is 36.2 Å². The Hall–Kier alpha value is -1.84. The molecule has 1 aliphatic rings. The Balaban J connectivity index is 1.78. The van der Waals surface area contributed by atoms with Crippen LogP contribution in [0.25, 0.3) is 0 Å². The molecule has 0 bridgehead atoms. The van der Waals surface area contributed by atoms with Gasteiger partial charge in [0, 0.05) is 12.5 Å². The van der Waals surface area contributed by atoms with Crippen molar-refractivity contribution in [2.45, 2.75) is 32.1 Å². The first-order valence-corrected chi connectivity index (χ1v) is 6.51. The van der Waals surface area contributed by atoms with Crippen LogP contribution in [0.4, 0.5) is 6.01 Å². The van der Waals surface area contributed by atoms with E-state index in [-0.39, 0.29) is 0 Å². The smallest absolute Gasteiger partial charge is 0.321 e. The van der Waals surface area contributed by atoms with Crippen LogP contribution in [0.5, 0.6) is 0 Å². The molecule has 0 fully saturated rings. The minimum Gasteiger partial charge on any atom is -0.338 e. The fraction of sp³-hybridized carbons (Fsp3) is 0.429. The van der Waals surface area contributed by atoms with Crippen molar-refractivity contribution in [2.24, 2.45) is 0 Å². The Bertz CT molecular complexity index is 535. The number of aromatic nitrogens is 2. The van der Waals surface area contributed by atoms with Crippen molar-refractivity contribution in [3.8, 4) is 0 Å². The van der Waals surface area contributed by atoms with Crippen LogP contribution in [-0.4, -0.2) is 16.7 Å². The van der Waals surface area contributed by atoms with Crippen LogP contribution in [0.2, 0.25) is 0 Å². The minimum atomic E-state index is 0.385. The van der Waals surface area contributed by atoms with Crippen molar-refractivity contribution in [2.75, 3.05) is 11.9 Å². The van der Waals surface area contributed by atoms with Crippen molar-refractivity contribution < 1.29 is 4.52 Å². The maximum atomic E-state index is 5.17. The van der Waals surface area contributed by atoms with Crippen molar-refractivity contribution in [3.05, 3.63) is 41.2 Å².